The fourth-order valence-electron chi connectivity index (χ4n) is 8.19. The molecule has 0 aliphatic heterocycles. The van der Waals surface area contributed by atoms with Crippen LogP contribution >= 0.6 is 0 Å². The highest BCUT2D eigenvalue weighted by atomic mass is 15.1. The lowest BCUT2D eigenvalue weighted by molar-refractivity contribution is 0.962. The van der Waals surface area contributed by atoms with Crippen LogP contribution < -0.4 is 0 Å². The molecule has 0 radical (unpaired) electrons. The van der Waals surface area contributed by atoms with Crippen LogP contribution in [0, 0.1) is 0 Å². The van der Waals surface area contributed by atoms with Gasteiger partial charge in [0.25, 0.3) is 0 Å². The zero-order chi connectivity index (χ0) is 34.6. The summed E-state index contributed by atoms with van der Waals surface area (Å²) < 4.78 is 2.24. The predicted molar refractivity (Wildman–Crippen MR) is 220 cm³/mol. The van der Waals surface area contributed by atoms with Gasteiger partial charge in [-0.1, -0.05) is 176 Å². The van der Waals surface area contributed by atoms with E-state index >= 15 is 0 Å². The van der Waals surface area contributed by atoms with E-state index in [9.17, 15) is 0 Å². The maximum atomic E-state index is 5.18. The molecule has 0 saturated heterocycles. The number of fused-ring (bicyclic) bond motifs is 5. The van der Waals surface area contributed by atoms with E-state index < -0.39 is 0 Å². The molecule has 0 saturated carbocycles. The van der Waals surface area contributed by atoms with Crippen molar-refractivity contribution in [2.75, 3.05) is 0 Å². The molecule has 0 spiro atoms. The molecule has 10 aromatic rings. The van der Waals surface area contributed by atoms with Crippen molar-refractivity contribution in [3.63, 3.8) is 0 Å². The smallest absolute Gasteiger partial charge is 0.140 e. The lowest BCUT2D eigenvalue weighted by Crippen LogP contribution is -1.93. The van der Waals surface area contributed by atoms with Gasteiger partial charge in [0.1, 0.15) is 5.82 Å². The second-order valence-electron chi connectivity index (χ2n) is 13.6. The Morgan fingerprint density at radius 3 is 1.46 bits per heavy atom. The first-order valence-electron chi connectivity index (χ1n) is 17.9. The fraction of sp³-hybridized carbons (Fsp3) is 0.0200. The lowest BCUT2D eigenvalue weighted by atomic mass is 9.84. The molecule has 9 aromatic carbocycles. The zero-order valence-corrected chi connectivity index (χ0v) is 28.8. The first-order chi connectivity index (χ1) is 25.7. The van der Waals surface area contributed by atoms with Crippen molar-refractivity contribution in [3.05, 3.63) is 188 Å². The average Bonchev–Trinajstić information content (AvgIpc) is 3.56. The van der Waals surface area contributed by atoms with Crippen LogP contribution in [0.1, 0.15) is 0 Å². The Balaban J connectivity index is 1.19. The minimum Gasteiger partial charge on any atom is -0.327 e. The highest BCUT2D eigenvalue weighted by Gasteiger charge is 2.19. The minimum atomic E-state index is 0.973. The number of nitrogens with zero attached hydrogens (tertiary/aromatic N) is 2. The monoisotopic (exact) mass is 662 g/mol. The normalized spacial score (nSPS) is 11.6. The third-order valence-corrected chi connectivity index (χ3v) is 10.6. The number of imidazole rings is 1. The molecular formula is C50H34N2. The molecule has 0 atom stereocenters. The van der Waals surface area contributed by atoms with Crippen LogP contribution in [0.4, 0.5) is 0 Å². The quantitative estimate of drug-likeness (QED) is 0.168. The standard InChI is InChI=1S/C50H34N2/c1-52-49-43-24-14-11-21-39(43)44(32-46(49)51-50(52)37-19-9-4-10-20-37)34-25-27-36(28-26-34)48-41-23-13-12-22-40(41)47(35-17-7-3-8-18-35)42-30-29-38(31-45(42)48)33-15-5-2-6-16-33/h2-32H,1H3. The van der Waals surface area contributed by atoms with Crippen molar-refractivity contribution in [3.8, 4) is 55.9 Å². The number of benzene rings is 9. The maximum Gasteiger partial charge on any atom is 0.140 e. The topological polar surface area (TPSA) is 17.8 Å². The summed E-state index contributed by atoms with van der Waals surface area (Å²) in [5.74, 6) is 0.973. The van der Waals surface area contributed by atoms with Gasteiger partial charge in [-0.3, -0.25) is 0 Å². The van der Waals surface area contributed by atoms with Gasteiger partial charge in [-0.05, 0) is 83.6 Å². The highest BCUT2D eigenvalue weighted by Crippen LogP contribution is 2.45. The zero-order valence-electron chi connectivity index (χ0n) is 28.8. The van der Waals surface area contributed by atoms with E-state index in [1.165, 1.54) is 76.8 Å². The molecule has 0 N–H and O–H groups in total. The van der Waals surface area contributed by atoms with E-state index in [4.69, 9.17) is 4.98 Å². The van der Waals surface area contributed by atoms with Gasteiger partial charge in [0.15, 0.2) is 0 Å². The van der Waals surface area contributed by atoms with Gasteiger partial charge in [-0.25, -0.2) is 4.98 Å². The van der Waals surface area contributed by atoms with Gasteiger partial charge >= 0.3 is 0 Å². The summed E-state index contributed by atoms with van der Waals surface area (Å²) in [6.45, 7) is 0. The summed E-state index contributed by atoms with van der Waals surface area (Å²) >= 11 is 0. The van der Waals surface area contributed by atoms with Crippen LogP contribution in [-0.2, 0) is 7.05 Å². The number of aryl methyl sites for hydroxylation is 1. The third-order valence-electron chi connectivity index (χ3n) is 10.6. The molecule has 10 rings (SSSR count). The first kappa shape index (κ1) is 30.1. The summed E-state index contributed by atoms with van der Waals surface area (Å²) in [6.07, 6.45) is 0. The van der Waals surface area contributed by atoms with Crippen molar-refractivity contribution in [1.29, 1.82) is 0 Å². The van der Waals surface area contributed by atoms with E-state index in [1.807, 2.05) is 0 Å². The van der Waals surface area contributed by atoms with Gasteiger partial charge in [-0.15, -0.1) is 0 Å². The molecule has 0 amide bonds. The van der Waals surface area contributed by atoms with E-state index in [0.29, 0.717) is 0 Å². The summed E-state index contributed by atoms with van der Waals surface area (Å²) in [7, 11) is 2.12. The molecule has 0 fully saturated rings. The van der Waals surface area contributed by atoms with Gasteiger partial charge in [-0.2, -0.15) is 0 Å². The molecular weight excluding hydrogens is 629 g/mol. The summed E-state index contributed by atoms with van der Waals surface area (Å²) in [4.78, 5) is 5.18. The second kappa shape index (κ2) is 12.2. The van der Waals surface area contributed by atoms with Crippen molar-refractivity contribution < 1.29 is 0 Å². The summed E-state index contributed by atoms with van der Waals surface area (Å²) in [6, 6.07) is 68.0. The lowest BCUT2D eigenvalue weighted by Gasteiger charge is -2.19. The number of rotatable bonds is 5. The van der Waals surface area contributed by atoms with Gasteiger partial charge in [0.2, 0.25) is 0 Å². The Labute approximate surface area is 302 Å². The Morgan fingerprint density at radius 2 is 0.808 bits per heavy atom. The number of hydrogen-bond acceptors (Lipinski definition) is 1. The van der Waals surface area contributed by atoms with Crippen molar-refractivity contribution in [2.24, 2.45) is 7.05 Å². The molecule has 0 bridgehead atoms. The molecule has 52 heavy (non-hydrogen) atoms. The molecule has 2 heteroatoms. The number of aromatic nitrogens is 2. The third kappa shape index (κ3) is 4.84. The van der Waals surface area contributed by atoms with Crippen molar-refractivity contribution in [1.82, 2.24) is 9.55 Å². The molecule has 1 aromatic heterocycles. The SMILES string of the molecule is Cn1c(-c2ccccc2)nc2cc(-c3ccc(-c4c5ccccc5c(-c5ccccc5)c5ccc(-c6ccccc6)cc45)cc3)c3ccccc3c21. The van der Waals surface area contributed by atoms with Crippen LogP contribution in [0.5, 0.6) is 0 Å². The maximum absolute atomic E-state index is 5.18. The molecule has 2 nitrogen and oxygen atoms in total. The van der Waals surface area contributed by atoms with E-state index in [0.717, 1.165) is 22.4 Å². The second-order valence-corrected chi connectivity index (χ2v) is 13.6. The first-order valence-corrected chi connectivity index (χ1v) is 17.9. The molecule has 0 unspecified atom stereocenters. The van der Waals surface area contributed by atoms with E-state index in [2.05, 4.69) is 200 Å². The molecule has 1 heterocycles. The van der Waals surface area contributed by atoms with Gasteiger partial charge in [0.05, 0.1) is 11.0 Å². The van der Waals surface area contributed by atoms with Crippen LogP contribution in [-0.4, -0.2) is 9.55 Å². The number of hydrogen-bond donors (Lipinski definition) is 0. The molecule has 244 valence electrons. The van der Waals surface area contributed by atoms with Gasteiger partial charge < -0.3 is 4.57 Å². The van der Waals surface area contributed by atoms with Crippen LogP contribution in [0.3, 0.4) is 0 Å². The van der Waals surface area contributed by atoms with Crippen molar-refractivity contribution in [2.45, 2.75) is 0 Å². The Kier molecular flexibility index (Phi) is 7.07. The van der Waals surface area contributed by atoms with Gasteiger partial charge in [0, 0.05) is 18.0 Å². The Hall–Kier alpha value is -6.77. The average molecular weight is 663 g/mol. The van der Waals surface area contributed by atoms with E-state index in [-0.39, 0.29) is 0 Å². The minimum absolute atomic E-state index is 0.973. The molecule has 0 aliphatic carbocycles. The van der Waals surface area contributed by atoms with Crippen LogP contribution in [0.15, 0.2) is 188 Å². The molecule has 0 aliphatic rings. The predicted octanol–water partition coefficient (Wildman–Crippen LogP) is 13.4. The summed E-state index contributed by atoms with van der Waals surface area (Å²) in [5.41, 5.74) is 13.0. The summed E-state index contributed by atoms with van der Waals surface area (Å²) in [5, 5.41) is 7.44. The van der Waals surface area contributed by atoms with Crippen molar-refractivity contribution >= 4 is 43.4 Å². The highest BCUT2D eigenvalue weighted by molar-refractivity contribution is 6.22. The van der Waals surface area contributed by atoms with E-state index in [1.54, 1.807) is 0 Å². The largest absolute Gasteiger partial charge is 0.327 e. The Bertz CT molecular complexity index is 2920. The van der Waals surface area contributed by atoms with Crippen LogP contribution in [0.2, 0.25) is 0 Å². The fourth-order valence-corrected chi connectivity index (χ4v) is 8.19. The van der Waals surface area contributed by atoms with Crippen LogP contribution in [0.25, 0.3) is 99.2 Å². The Morgan fingerprint density at radius 1 is 0.346 bits per heavy atom.